The number of aromatic nitrogens is 1. The van der Waals surface area contributed by atoms with E-state index in [4.69, 9.17) is 10.5 Å². The van der Waals surface area contributed by atoms with Crippen LogP contribution in [0.1, 0.15) is 27.7 Å². The Balaban J connectivity index is 2.32. The van der Waals surface area contributed by atoms with Gasteiger partial charge >= 0.3 is 5.69 Å². The van der Waals surface area contributed by atoms with Crippen LogP contribution in [0.2, 0.25) is 0 Å². The minimum atomic E-state index is -0.528. The Labute approximate surface area is 117 Å². The molecule has 1 fully saturated rings. The van der Waals surface area contributed by atoms with Gasteiger partial charge in [-0.2, -0.15) is 0 Å². The van der Waals surface area contributed by atoms with Crippen molar-refractivity contribution in [2.75, 3.05) is 23.7 Å². The van der Waals surface area contributed by atoms with E-state index in [1.165, 1.54) is 6.07 Å². The van der Waals surface area contributed by atoms with Crippen LogP contribution in [-0.4, -0.2) is 34.2 Å². The quantitative estimate of drug-likeness (QED) is 0.657. The van der Waals surface area contributed by atoms with Gasteiger partial charge in [-0.15, -0.1) is 0 Å². The number of morpholine rings is 1. The summed E-state index contributed by atoms with van der Waals surface area (Å²) < 4.78 is 6.00. The Morgan fingerprint density at radius 2 is 1.85 bits per heavy atom. The molecule has 0 aromatic carbocycles. The summed E-state index contributed by atoms with van der Waals surface area (Å²) in [6, 6.07) is 3.03. The second-order valence-electron chi connectivity index (χ2n) is 6.31. The van der Waals surface area contributed by atoms with Crippen molar-refractivity contribution in [3.05, 3.63) is 22.2 Å². The van der Waals surface area contributed by atoms with Crippen LogP contribution < -0.4 is 10.6 Å². The average molecular weight is 280 g/mol. The molecule has 7 heteroatoms. The van der Waals surface area contributed by atoms with Crippen LogP contribution in [0, 0.1) is 10.1 Å². The fraction of sp³-hybridized carbons (Fsp3) is 0.615. The molecule has 110 valence electrons. The third-order valence-corrected chi connectivity index (χ3v) is 3.10. The van der Waals surface area contributed by atoms with Crippen LogP contribution in [0.5, 0.6) is 0 Å². The molecule has 1 aromatic heterocycles. The molecule has 2 rings (SSSR count). The molecule has 0 unspecified atom stereocenters. The van der Waals surface area contributed by atoms with Gasteiger partial charge in [0.2, 0.25) is 5.82 Å². The second kappa shape index (κ2) is 4.59. The second-order valence-corrected chi connectivity index (χ2v) is 6.31. The lowest BCUT2D eigenvalue weighted by molar-refractivity contribution is -0.384. The minimum Gasteiger partial charge on any atom is -0.378 e. The molecule has 7 nitrogen and oxygen atoms in total. The van der Waals surface area contributed by atoms with E-state index in [2.05, 4.69) is 4.98 Å². The number of nitrogens with zero attached hydrogens (tertiary/aromatic N) is 3. The highest BCUT2D eigenvalue weighted by atomic mass is 16.6. The molecule has 2 N–H and O–H groups in total. The molecule has 0 aliphatic carbocycles. The first-order valence-electron chi connectivity index (χ1n) is 6.46. The van der Waals surface area contributed by atoms with E-state index in [0.29, 0.717) is 18.9 Å². The zero-order valence-electron chi connectivity index (χ0n) is 12.2. The van der Waals surface area contributed by atoms with Crippen molar-refractivity contribution in [3.63, 3.8) is 0 Å². The van der Waals surface area contributed by atoms with Gasteiger partial charge in [-0.3, -0.25) is 10.1 Å². The van der Waals surface area contributed by atoms with Crippen molar-refractivity contribution < 1.29 is 9.66 Å². The molecule has 0 saturated carbocycles. The van der Waals surface area contributed by atoms with Gasteiger partial charge in [0.25, 0.3) is 0 Å². The van der Waals surface area contributed by atoms with E-state index in [-0.39, 0.29) is 22.7 Å². The third-order valence-electron chi connectivity index (χ3n) is 3.10. The Hall–Kier alpha value is -1.89. The van der Waals surface area contributed by atoms with Gasteiger partial charge in [0.05, 0.1) is 16.1 Å². The van der Waals surface area contributed by atoms with Crippen LogP contribution in [0.4, 0.5) is 17.3 Å². The van der Waals surface area contributed by atoms with Crippen molar-refractivity contribution >= 4 is 17.3 Å². The van der Waals surface area contributed by atoms with Crippen molar-refractivity contribution in [2.45, 2.75) is 38.9 Å². The summed E-state index contributed by atoms with van der Waals surface area (Å²) in [5.74, 6) is 0.576. The molecule has 0 bridgehead atoms. The van der Waals surface area contributed by atoms with E-state index in [0.717, 1.165) is 0 Å². The maximum absolute atomic E-state index is 10.8. The zero-order chi connectivity index (χ0) is 15.1. The van der Waals surface area contributed by atoms with Crippen molar-refractivity contribution in [2.24, 2.45) is 0 Å². The molecule has 1 saturated heterocycles. The van der Waals surface area contributed by atoms with Crippen molar-refractivity contribution in [1.29, 1.82) is 0 Å². The number of nitrogens with two attached hydrogens (primary N) is 1. The normalized spacial score (nSPS) is 20.7. The smallest absolute Gasteiger partial charge is 0.311 e. The molecule has 0 atom stereocenters. The summed E-state index contributed by atoms with van der Waals surface area (Å²) in [6.07, 6.45) is 0. The van der Waals surface area contributed by atoms with Gasteiger partial charge < -0.3 is 15.4 Å². The molecule has 1 aliphatic rings. The van der Waals surface area contributed by atoms with Crippen LogP contribution >= 0.6 is 0 Å². The monoisotopic (exact) mass is 280 g/mol. The number of hydrogen-bond donors (Lipinski definition) is 1. The topological polar surface area (TPSA) is 94.5 Å². The van der Waals surface area contributed by atoms with Gasteiger partial charge in [-0.1, -0.05) is 0 Å². The Bertz CT molecular complexity index is 526. The summed E-state index contributed by atoms with van der Waals surface area (Å²) >= 11 is 0. The first-order chi connectivity index (χ1) is 9.10. The first kappa shape index (κ1) is 14.5. The lowest BCUT2D eigenvalue weighted by Gasteiger charge is -2.47. The molecule has 2 heterocycles. The van der Waals surface area contributed by atoms with Crippen molar-refractivity contribution in [3.8, 4) is 0 Å². The predicted molar refractivity (Wildman–Crippen MR) is 76.8 cm³/mol. The number of rotatable bonds is 2. The molecule has 20 heavy (non-hydrogen) atoms. The molecule has 1 aromatic rings. The highest BCUT2D eigenvalue weighted by Crippen LogP contribution is 2.32. The van der Waals surface area contributed by atoms with Crippen LogP contribution in [0.3, 0.4) is 0 Å². The zero-order valence-corrected chi connectivity index (χ0v) is 12.2. The Morgan fingerprint density at radius 1 is 1.30 bits per heavy atom. The number of hydrogen-bond acceptors (Lipinski definition) is 6. The van der Waals surface area contributed by atoms with E-state index in [9.17, 15) is 10.1 Å². The third kappa shape index (κ3) is 2.98. The van der Waals surface area contributed by atoms with E-state index in [1.54, 1.807) is 6.07 Å². The molecule has 0 radical (unpaired) electrons. The van der Waals surface area contributed by atoms with Crippen LogP contribution in [0.25, 0.3) is 0 Å². The number of anilines is 2. The standard InChI is InChI=1S/C13H20N4O3/c1-12(2)7-16(8-13(3,4)20-12)10-6-5-9(17(18)19)11(14)15-10/h5-6H,7-8H2,1-4H3,(H2,14,15). The number of ether oxygens (including phenoxy) is 1. The number of nitrogen functional groups attached to an aromatic ring is 1. The van der Waals surface area contributed by atoms with E-state index >= 15 is 0 Å². The predicted octanol–water partition coefficient (Wildman–Crippen LogP) is 1.97. The summed E-state index contributed by atoms with van der Waals surface area (Å²) in [5, 5.41) is 10.8. The fourth-order valence-electron chi connectivity index (χ4n) is 2.74. The Morgan fingerprint density at radius 3 is 2.30 bits per heavy atom. The van der Waals surface area contributed by atoms with E-state index < -0.39 is 4.92 Å². The highest BCUT2D eigenvalue weighted by Gasteiger charge is 2.38. The summed E-state index contributed by atoms with van der Waals surface area (Å²) in [4.78, 5) is 16.4. The van der Waals surface area contributed by atoms with E-state index in [1.807, 2.05) is 32.6 Å². The molecular weight excluding hydrogens is 260 g/mol. The molecule has 1 aliphatic heterocycles. The highest BCUT2D eigenvalue weighted by molar-refractivity contribution is 5.58. The van der Waals surface area contributed by atoms with Crippen LogP contribution in [-0.2, 0) is 4.74 Å². The first-order valence-corrected chi connectivity index (χ1v) is 6.46. The maximum atomic E-state index is 10.8. The largest absolute Gasteiger partial charge is 0.378 e. The van der Waals surface area contributed by atoms with Gasteiger partial charge in [0, 0.05) is 19.2 Å². The van der Waals surface area contributed by atoms with Gasteiger partial charge in [-0.25, -0.2) is 4.98 Å². The van der Waals surface area contributed by atoms with Crippen LogP contribution in [0.15, 0.2) is 12.1 Å². The average Bonchev–Trinajstić information content (AvgIpc) is 2.23. The molecule has 0 spiro atoms. The molecular formula is C13H20N4O3. The van der Waals surface area contributed by atoms with Gasteiger partial charge in [-0.05, 0) is 33.8 Å². The minimum absolute atomic E-state index is 0.0606. The fourth-order valence-corrected chi connectivity index (χ4v) is 2.74. The van der Waals surface area contributed by atoms with Gasteiger partial charge in [0.1, 0.15) is 5.82 Å². The lowest BCUT2D eigenvalue weighted by atomic mass is 9.99. The summed E-state index contributed by atoms with van der Waals surface area (Å²) in [7, 11) is 0. The van der Waals surface area contributed by atoms with Crippen molar-refractivity contribution in [1.82, 2.24) is 4.98 Å². The number of nitro groups is 1. The maximum Gasteiger partial charge on any atom is 0.311 e. The Kier molecular flexibility index (Phi) is 3.33. The summed E-state index contributed by atoms with van der Waals surface area (Å²) in [6.45, 7) is 9.35. The lowest BCUT2D eigenvalue weighted by Crippen LogP contribution is -2.57. The van der Waals surface area contributed by atoms with Gasteiger partial charge in [0.15, 0.2) is 0 Å². The number of pyridine rings is 1. The molecule has 0 amide bonds. The SMILES string of the molecule is CC1(C)CN(c2ccc([N+](=O)[O-])c(N)n2)CC(C)(C)O1. The summed E-state index contributed by atoms with van der Waals surface area (Å²) in [5.41, 5.74) is 4.85.